The summed E-state index contributed by atoms with van der Waals surface area (Å²) in [5, 5.41) is 0. The molecule has 0 amide bonds. The molecular formula is C15H21N. The molecule has 0 bridgehead atoms. The van der Waals surface area contributed by atoms with Gasteiger partial charge in [0.15, 0.2) is 0 Å². The summed E-state index contributed by atoms with van der Waals surface area (Å²) in [6, 6.07) is 2.18. The van der Waals surface area contributed by atoms with Gasteiger partial charge in [-0.15, -0.1) is 0 Å². The Bertz CT molecular complexity index is 430. The minimum atomic E-state index is 1.08. The van der Waals surface area contributed by atoms with E-state index in [0.717, 1.165) is 12.1 Å². The molecule has 86 valence electrons. The van der Waals surface area contributed by atoms with E-state index >= 15 is 0 Å². The molecule has 0 saturated heterocycles. The van der Waals surface area contributed by atoms with Gasteiger partial charge in [0, 0.05) is 17.6 Å². The molecule has 1 aromatic rings. The molecule has 0 unspecified atom stereocenters. The van der Waals surface area contributed by atoms with Crippen molar-refractivity contribution in [3.05, 3.63) is 53.9 Å². The molecule has 0 aliphatic carbocycles. The predicted octanol–water partition coefficient (Wildman–Crippen LogP) is 4.35. The monoisotopic (exact) mass is 215 g/mol. The molecule has 0 spiro atoms. The van der Waals surface area contributed by atoms with Crippen LogP contribution in [-0.4, -0.2) is 4.57 Å². The molecule has 0 aliphatic heterocycles. The number of allylic oxidation sites excluding steroid dienone is 5. The lowest BCUT2D eigenvalue weighted by atomic mass is 10.2. The Balaban J connectivity index is 3.19. The van der Waals surface area contributed by atoms with E-state index in [1.165, 1.54) is 16.8 Å². The van der Waals surface area contributed by atoms with Crippen LogP contribution < -0.4 is 0 Å². The molecule has 0 N–H and O–H groups in total. The first-order chi connectivity index (χ1) is 7.63. The maximum absolute atomic E-state index is 3.88. The van der Waals surface area contributed by atoms with Crippen molar-refractivity contribution >= 4 is 5.70 Å². The average molecular weight is 215 g/mol. The van der Waals surface area contributed by atoms with Crippen molar-refractivity contribution in [3.63, 3.8) is 0 Å². The second-order valence-corrected chi connectivity index (χ2v) is 3.96. The minimum Gasteiger partial charge on any atom is -0.321 e. The number of hydrogen-bond acceptors (Lipinski definition) is 0. The van der Waals surface area contributed by atoms with Crippen molar-refractivity contribution < 1.29 is 0 Å². The molecule has 1 heteroatoms. The quantitative estimate of drug-likeness (QED) is 0.658. The first-order valence-electron chi connectivity index (χ1n) is 5.78. The van der Waals surface area contributed by atoms with Crippen LogP contribution in [-0.2, 0) is 6.42 Å². The van der Waals surface area contributed by atoms with E-state index in [1.807, 2.05) is 13.0 Å². The van der Waals surface area contributed by atoms with E-state index in [0.29, 0.717) is 0 Å². The zero-order valence-electron chi connectivity index (χ0n) is 10.7. The second-order valence-electron chi connectivity index (χ2n) is 3.96. The molecule has 1 nitrogen and oxygen atoms in total. The summed E-state index contributed by atoms with van der Waals surface area (Å²) in [4.78, 5) is 0. The third kappa shape index (κ3) is 2.54. The fourth-order valence-electron chi connectivity index (χ4n) is 1.75. The average Bonchev–Trinajstić information content (AvgIpc) is 2.67. The van der Waals surface area contributed by atoms with Crippen LogP contribution in [0.15, 0.2) is 42.6 Å². The molecule has 0 aromatic carbocycles. The number of rotatable bonds is 4. The highest BCUT2D eigenvalue weighted by molar-refractivity contribution is 5.61. The molecule has 0 radical (unpaired) electrons. The highest BCUT2D eigenvalue weighted by Crippen LogP contribution is 2.18. The summed E-state index contributed by atoms with van der Waals surface area (Å²) in [7, 11) is 0. The van der Waals surface area contributed by atoms with Gasteiger partial charge in [-0.2, -0.15) is 0 Å². The third-order valence-corrected chi connectivity index (χ3v) is 2.95. The van der Waals surface area contributed by atoms with Crippen LogP contribution in [0.3, 0.4) is 0 Å². The number of aromatic nitrogens is 1. The first kappa shape index (κ1) is 12.6. The molecule has 1 aromatic heterocycles. The van der Waals surface area contributed by atoms with Crippen molar-refractivity contribution in [3.8, 4) is 0 Å². The Morgan fingerprint density at radius 3 is 2.62 bits per heavy atom. The molecule has 0 aliphatic rings. The molecule has 1 rings (SSSR count). The number of hydrogen-bond donors (Lipinski definition) is 0. The van der Waals surface area contributed by atoms with Crippen molar-refractivity contribution in [1.82, 2.24) is 4.57 Å². The Labute approximate surface area is 98.8 Å². The molecule has 0 saturated carbocycles. The Morgan fingerprint density at radius 2 is 2.19 bits per heavy atom. The van der Waals surface area contributed by atoms with Crippen molar-refractivity contribution in [1.29, 1.82) is 0 Å². The normalized spacial score (nSPS) is 13.0. The van der Waals surface area contributed by atoms with Crippen LogP contribution in [0.2, 0.25) is 0 Å². The highest BCUT2D eigenvalue weighted by atomic mass is 15.0. The van der Waals surface area contributed by atoms with E-state index in [9.17, 15) is 0 Å². The van der Waals surface area contributed by atoms with Crippen LogP contribution in [0.1, 0.15) is 32.0 Å². The summed E-state index contributed by atoms with van der Waals surface area (Å²) < 4.78 is 2.19. The summed E-state index contributed by atoms with van der Waals surface area (Å²) in [5.41, 5.74) is 5.08. The van der Waals surface area contributed by atoms with Gasteiger partial charge in [-0.1, -0.05) is 25.2 Å². The van der Waals surface area contributed by atoms with Gasteiger partial charge in [0.2, 0.25) is 0 Å². The van der Waals surface area contributed by atoms with Gasteiger partial charge in [0.05, 0.1) is 0 Å². The summed E-state index contributed by atoms with van der Waals surface area (Å²) in [6.45, 7) is 12.4. The standard InChI is InChI=1S/C15H21N/c1-6-12(4)11-15(8-3)16-10-9-14(7-2)13(16)5/h6,8-11H,3,7H2,1-2,4-5H3/b12-6-,15-11+. The highest BCUT2D eigenvalue weighted by Gasteiger charge is 2.04. The lowest BCUT2D eigenvalue weighted by molar-refractivity contribution is 1.01. The second kappa shape index (κ2) is 5.55. The fourth-order valence-corrected chi connectivity index (χ4v) is 1.75. The van der Waals surface area contributed by atoms with Gasteiger partial charge in [-0.25, -0.2) is 0 Å². The summed E-state index contributed by atoms with van der Waals surface area (Å²) in [6.07, 6.45) is 9.35. The van der Waals surface area contributed by atoms with Crippen molar-refractivity contribution in [2.75, 3.05) is 0 Å². The van der Waals surface area contributed by atoms with E-state index in [1.54, 1.807) is 0 Å². The zero-order valence-corrected chi connectivity index (χ0v) is 10.7. The minimum absolute atomic E-state index is 1.08. The van der Waals surface area contributed by atoms with Gasteiger partial charge >= 0.3 is 0 Å². The van der Waals surface area contributed by atoms with Gasteiger partial charge in [-0.05, 0) is 51.0 Å². The summed E-state index contributed by atoms with van der Waals surface area (Å²) in [5.74, 6) is 0. The summed E-state index contributed by atoms with van der Waals surface area (Å²) >= 11 is 0. The molecular weight excluding hydrogens is 194 g/mol. The van der Waals surface area contributed by atoms with Crippen LogP contribution in [0.4, 0.5) is 0 Å². The Morgan fingerprint density at radius 1 is 1.50 bits per heavy atom. The van der Waals surface area contributed by atoms with Crippen LogP contribution in [0.5, 0.6) is 0 Å². The van der Waals surface area contributed by atoms with Crippen LogP contribution in [0.25, 0.3) is 5.70 Å². The van der Waals surface area contributed by atoms with E-state index in [-0.39, 0.29) is 0 Å². The third-order valence-electron chi connectivity index (χ3n) is 2.95. The predicted molar refractivity (Wildman–Crippen MR) is 72.4 cm³/mol. The fraction of sp³-hybridized carbons (Fsp3) is 0.333. The van der Waals surface area contributed by atoms with E-state index < -0.39 is 0 Å². The molecule has 1 heterocycles. The van der Waals surface area contributed by atoms with E-state index in [2.05, 4.69) is 56.3 Å². The van der Waals surface area contributed by atoms with Gasteiger partial charge in [0.25, 0.3) is 0 Å². The van der Waals surface area contributed by atoms with Crippen LogP contribution in [0, 0.1) is 6.92 Å². The van der Waals surface area contributed by atoms with Gasteiger partial charge in [0.1, 0.15) is 0 Å². The Hall–Kier alpha value is -1.50. The van der Waals surface area contributed by atoms with Crippen molar-refractivity contribution in [2.45, 2.75) is 34.1 Å². The number of nitrogens with zero attached hydrogens (tertiary/aromatic N) is 1. The van der Waals surface area contributed by atoms with Crippen molar-refractivity contribution in [2.24, 2.45) is 0 Å². The maximum atomic E-state index is 3.88. The molecule has 0 fully saturated rings. The molecule has 0 atom stereocenters. The first-order valence-corrected chi connectivity index (χ1v) is 5.78. The SMILES string of the molecule is C=C/C(=C\C(C)=C/C)n1ccc(CC)c1C. The Kier molecular flexibility index (Phi) is 4.36. The van der Waals surface area contributed by atoms with Gasteiger partial charge < -0.3 is 4.57 Å². The van der Waals surface area contributed by atoms with Crippen LogP contribution >= 0.6 is 0 Å². The molecule has 16 heavy (non-hydrogen) atoms. The van der Waals surface area contributed by atoms with Gasteiger partial charge in [-0.3, -0.25) is 0 Å². The lowest BCUT2D eigenvalue weighted by Crippen LogP contribution is -1.97. The van der Waals surface area contributed by atoms with E-state index in [4.69, 9.17) is 0 Å². The topological polar surface area (TPSA) is 4.93 Å². The maximum Gasteiger partial charge on any atom is 0.0448 e. The largest absolute Gasteiger partial charge is 0.321 e. The lowest BCUT2D eigenvalue weighted by Gasteiger charge is -2.08. The number of aryl methyl sites for hydroxylation is 1. The zero-order chi connectivity index (χ0) is 12.1. The smallest absolute Gasteiger partial charge is 0.0448 e.